The van der Waals surface area contributed by atoms with Crippen molar-refractivity contribution in [3.8, 4) is 11.1 Å². The van der Waals surface area contributed by atoms with Crippen molar-refractivity contribution >= 4 is 41.3 Å². The maximum atomic E-state index is 13.0. The van der Waals surface area contributed by atoms with Crippen LogP contribution in [0.15, 0.2) is 87.2 Å². The van der Waals surface area contributed by atoms with Crippen molar-refractivity contribution in [2.75, 3.05) is 0 Å². The van der Waals surface area contributed by atoms with Crippen LogP contribution in [0.1, 0.15) is 17.3 Å². The highest BCUT2D eigenvalue weighted by molar-refractivity contribution is 6.31. The molecule has 0 saturated carbocycles. The molecule has 2 aromatic carbocycles. The van der Waals surface area contributed by atoms with E-state index in [1.54, 1.807) is 37.4 Å². The Morgan fingerprint density at radius 2 is 1.90 bits per heavy atom. The molecule has 0 saturated heterocycles. The molecule has 3 rings (SSSR count). The summed E-state index contributed by atoms with van der Waals surface area (Å²) in [5.41, 5.74) is 2.25. The molecule has 0 radical (unpaired) electrons. The molecule has 3 aromatic rings. The number of ketones is 1. The average molecular weight is 404 g/mol. The second-order valence-electron chi connectivity index (χ2n) is 6.28. The first-order valence-electron chi connectivity index (χ1n) is 8.79. The highest BCUT2D eigenvalue weighted by Crippen LogP contribution is 2.31. The summed E-state index contributed by atoms with van der Waals surface area (Å²) in [5.74, 6) is -0.412. The summed E-state index contributed by atoms with van der Waals surface area (Å²) in [6.07, 6.45) is 5.79. The molecule has 29 heavy (non-hydrogen) atoms. The van der Waals surface area contributed by atoms with Gasteiger partial charge in [-0.05, 0) is 49.1 Å². The van der Waals surface area contributed by atoms with Crippen molar-refractivity contribution in [1.82, 2.24) is 4.98 Å². The maximum absolute atomic E-state index is 13.0. The second kappa shape index (κ2) is 9.08. The van der Waals surface area contributed by atoms with Crippen LogP contribution in [0.3, 0.4) is 0 Å². The topological polar surface area (TPSA) is 74.7 Å². The smallest absolute Gasteiger partial charge is 0.260 e. The zero-order valence-corrected chi connectivity index (χ0v) is 16.5. The minimum atomic E-state index is -0.455. The maximum Gasteiger partial charge on any atom is 0.260 e. The molecule has 1 N–H and O–H groups in total. The van der Waals surface area contributed by atoms with E-state index in [0.717, 1.165) is 11.1 Å². The van der Waals surface area contributed by atoms with Crippen LogP contribution in [-0.2, 0) is 0 Å². The van der Waals surface area contributed by atoms with Gasteiger partial charge in [-0.1, -0.05) is 48.0 Å². The van der Waals surface area contributed by atoms with Gasteiger partial charge in [0.1, 0.15) is 6.34 Å². The van der Waals surface area contributed by atoms with E-state index < -0.39 is 11.3 Å². The molecule has 0 aliphatic heterocycles. The van der Waals surface area contributed by atoms with Gasteiger partial charge >= 0.3 is 0 Å². The Morgan fingerprint density at radius 1 is 1.14 bits per heavy atom. The lowest BCUT2D eigenvalue weighted by molar-refractivity contribution is 0.104. The van der Waals surface area contributed by atoms with Gasteiger partial charge in [0, 0.05) is 27.7 Å². The number of aromatic nitrogens is 1. The standard InChI is InChI=1S/C23H18ClN3O2/c1-15(13-26-14-25-2)8-11-20(28)22-21(16-6-4-3-5-7-16)18-12-17(24)9-10-19(18)27-23(22)29/h3-14H,2H2,1H3,(H,27,29)/b11-8+,15-13+,26-14-. The minimum Gasteiger partial charge on any atom is -0.321 e. The number of carbonyl (C=O) groups is 1. The van der Waals surface area contributed by atoms with Crippen LogP contribution >= 0.6 is 11.6 Å². The first-order valence-corrected chi connectivity index (χ1v) is 9.16. The molecule has 0 unspecified atom stereocenters. The van der Waals surface area contributed by atoms with Gasteiger partial charge in [0.2, 0.25) is 0 Å². The summed E-state index contributed by atoms with van der Waals surface area (Å²) in [4.78, 5) is 36.0. The van der Waals surface area contributed by atoms with Crippen molar-refractivity contribution in [1.29, 1.82) is 0 Å². The number of carbonyl (C=O) groups excluding carboxylic acids is 1. The lowest BCUT2D eigenvalue weighted by Gasteiger charge is -2.11. The third-order valence-corrected chi connectivity index (χ3v) is 4.44. The summed E-state index contributed by atoms with van der Waals surface area (Å²) in [6.45, 7) is 5.09. The zero-order valence-electron chi connectivity index (χ0n) is 15.7. The number of allylic oxidation sites excluding steroid dienone is 3. The normalized spacial score (nSPS) is 12.1. The van der Waals surface area contributed by atoms with E-state index >= 15 is 0 Å². The molecule has 0 atom stereocenters. The number of benzene rings is 2. The molecule has 5 nitrogen and oxygen atoms in total. The third-order valence-electron chi connectivity index (χ3n) is 4.21. The molecular formula is C23H18ClN3O2. The van der Waals surface area contributed by atoms with E-state index in [-0.39, 0.29) is 5.56 Å². The van der Waals surface area contributed by atoms with Crippen molar-refractivity contribution in [3.63, 3.8) is 0 Å². The number of hydrogen-bond donors (Lipinski definition) is 1. The predicted molar refractivity (Wildman–Crippen MR) is 120 cm³/mol. The van der Waals surface area contributed by atoms with E-state index in [2.05, 4.69) is 21.7 Å². The number of aliphatic imine (C=N–C) groups is 2. The van der Waals surface area contributed by atoms with Crippen molar-refractivity contribution < 1.29 is 4.79 Å². The fourth-order valence-corrected chi connectivity index (χ4v) is 3.11. The highest BCUT2D eigenvalue weighted by Gasteiger charge is 2.19. The summed E-state index contributed by atoms with van der Waals surface area (Å²) in [7, 11) is 0. The molecule has 0 spiro atoms. The number of pyridine rings is 1. The summed E-state index contributed by atoms with van der Waals surface area (Å²) < 4.78 is 0. The monoisotopic (exact) mass is 403 g/mol. The molecule has 0 aliphatic rings. The van der Waals surface area contributed by atoms with E-state index in [1.807, 2.05) is 30.3 Å². The number of aromatic amines is 1. The molecule has 0 fully saturated rings. The molecule has 6 heteroatoms. The average Bonchev–Trinajstić information content (AvgIpc) is 2.72. The number of nitrogens with zero attached hydrogens (tertiary/aromatic N) is 2. The minimum absolute atomic E-state index is 0.0614. The Bertz CT molecular complexity index is 1220. The number of nitrogens with one attached hydrogen (secondary N) is 1. The van der Waals surface area contributed by atoms with Crippen LogP contribution in [0.4, 0.5) is 0 Å². The van der Waals surface area contributed by atoms with E-state index in [0.29, 0.717) is 21.5 Å². The number of halogens is 1. The Hall–Kier alpha value is -3.57. The summed E-state index contributed by atoms with van der Waals surface area (Å²) in [5, 5.41) is 1.22. The summed E-state index contributed by atoms with van der Waals surface area (Å²) >= 11 is 6.19. The van der Waals surface area contributed by atoms with E-state index in [9.17, 15) is 9.59 Å². The molecule has 144 valence electrons. The van der Waals surface area contributed by atoms with Gasteiger partial charge in [-0.2, -0.15) is 0 Å². The number of H-pyrrole nitrogens is 1. The van der Waals surface area contributed by atoms with E-state index in [1.165, 1.54) is 12.4 Å². The lowest BCUT2D eigenvalue weighted by Crippen LogP contribution is -2.18. The fourth-order valence-electron chi connectivity index (χ4n) is 2.94. The van der Waals surface area contributed by atoms with Gasteiger partial charge in [-0.3, -0.25) is 14.6 Å². The molecule has 1 aromatic heterocycles. The lowest BCUT2D eigenvalue weighted by atomic mass is 9.94. The van der Waals surface area contributed by atoms with Crippen molar-refractivity contribution in [2.45, 2.75) is 6.92 Å². The van der Waals surface area contributed by atoms with Gasteiger partial charge < -0.3 is 4.98 Å². The molecule has 0 aliphatic carbocycles. The molecule has 0 bridgehead atoms. The third kappa shape index (κ3) is 4.65. The van der Waals surface area contributed by atoms with Crippen molar-refractivity contribution in [2.24, 2.45) is 9.98 Å². The highest BCUT2D eigenvalue weighted by atomic mass is 35.5. The zero-order chi connectivity index (χ0) is 20.8. The number of rotatable bonds is 6. The van der Waals surface area contributed by atoms with Crippen LogP contribution in [0.25, 0.3) is 22.0 Å². The van der Waals surface area contributed by atoms with Crippen LogP contribution < -0.4 is 5.56 Å². The number of fused-ring (bicyclic) bond motifs is 1. The SMILES string of the molecule is C=N\C=N/C=C(C)/C=C/C(=O)c1c(-c2ccccc2)c2cc(Cl)ccc2[nH]c1=O. The quantitative estimate of drug-likeness (QED) is 0.201. The second-order valence-corrected chi connectivity index (χ2v) is 6.71. The Labute approximate surface area is 172 Å². The molecular weight excluding hydrogens is 386 g/mol. The molecule has 1 heterocycles. The predicted octanol–water partition coefficient (Wildman–Crippen LogP) is 5.22. The van der Waals surface area contributed by atoms with Gasteiger partial charge in [0.25, 0.3) is 5.56 Å². The van der Waals surface area contributed by atoms with Crippen molar-refractivity contribution in [3.05, 3.63) is 93.4 Å². The van der Waals surface area contributed by atoms with Gasteiger partial charge in [-0.15, -0.1) is 0 Å². The molecule has 0 amide bonds. The fraction of sp³-hybridized carbons (Fsp3) is 0.0435. The largest absolute Gasteiger partial charge is 0.321 e. The number of hydrogen-bond acceptors (Lipinski definition) is 3. The Balaban J connectivity index is 2.19. The Kier molecular flexibility index (Phi) is 6.32. The van der Waals surface area contributed by atoms with E-state index in [4.69, 9.17) is 11.6 Å². The Morgan fingerprint density at radius 3 is 2.62 bits per heavy atom. The first-order chi connectivity index (χ1) is 14.0. The van der Waals surface area contributed by atoms with Gasteiger partial charge in [-0.25, -0.2) is 4.99 Å². The van der Waals surface area contributed by atoms with Crippen LogP contribution in [0.5, 0.6) is 0 Å². The van der Waals surface area contributed by atoms with Gasteiger partial charge in [0.15, 0.2) is 5.78 Å². The van der Waals surface area contributed by atoms with Crippen LogP contribution in [-0.4, -0.2) is 23.8 Å². The van der Waals surface area contributed by atoms with Crippen LogP contribution in [0, 0.1) is 0 Å². The van der Waals surface area contributed by atoms with Crippen LogP contribution in [0.2, 0.25) is 5.02 Å². The summed E-state index contributed by atoms with van der Waals surface area (Å²) in [6, 6.07) is 14.5. The first kappa shape index (κ1) is 20.2. The van der Waals surface area contributed by atoms with Gasteiger partial charge in [0.05, 0.1) is 5.56 Å².